The van der Waals surface area contributed by atoms with Gasteiger partial charge in [-0.3, -0.25) is 4.79 Å². The summed E-state index contributed by atoms with van der Waals surface area (Å²) in [7, 11) is -0.844. The first-order valence-corrected chi connectivity index (χ1v) is 10.7. The van der Waals surface area contributed by atoms with Crippen molar-refractivity contribution in [3.63, 3.8) is 0 Å². The van der Waals surface area contributed by atoms with Crippen LogP contribution in [-0.4, -0.2) is 50.7 Å². The first-order valence-electron chi connectivity index (χ1n) is 9.32. The Balaban J connectivity index is 1.90. The van der Waals surface area contributed by atoms with Crippen molar-refractivity contribution in [1.82, 2.24) is 9.21 Å². The van der Waals surface area contributed by atoms with Gasteiger partial charge in [-0.15, -0.1) is 0 Å². The zero-order valence-electron chi connectivity index (χ0n) is 16.8. The molecule has 6 nitrogen and oxygen atoms in total. The van der Waals surface area contributed by atoms with Crippen LogP contribution in [0.5, 0.6) is 0 Å². The zero-order valence-corrected chi connectivity index (χ0v) is 17.7. The van der Waals surface area contributed by atoms with Gasteiger partial charge in [0, 0.05) is 27.2 Å². The second-order valence-electron chi connectivity index (χ2n) is 7.42. The monoisotopic (exact) mass is 401 g/mol. The molecule has 3 rings (SSSR count). The third-order valence-electron chi connectivity index (χ3n) is 5.14. The fourth-order valence-electron chi connectivity index (χ4n) is 3.41. The minimum absolute atomic E-state index is 0.194. The quantitative estimate of drug-likeness (QED) is 0.773. The number of benzene rings is 2. The molecule has 0 N–H and O–H groups in total. The third kappa shape index (κ3) is 4.05. The summed E-state index contributed by atoms with van der Waals surface area (Å²) in [4.78, 5) is 14.8. The van der Waals surface area contributed by atoms with Crippen LogP contribution in [0, 0.1) is 13.8 Å². The predicted octanol–water partition coefficient (Wildman–Crippen LogP) is 2.50. The molecular weight excluding hydrogens is 374 g/mol. The minimum Gasteiger partial charge on any atom is -0.336 e. The fraction of sp³-hybridized carbons (Fsp3) is 0.381. The fourth-order valence-corrected chi connectivity index (χ4v) is 4.52. The lowest BCUT2D eigenvalue weighted by atomic mass is 10.00. The Morgan fingerprint density at radius 1 is 1.07 bits per heavy atom. The Morgan fingerprint density at radius 3 is 2.43 bits per heavy atom. The van der Waals surface area contributed by atoms with Crippen LogP contribution in [0.1, 0.15) is 22.3 Å². The highest BCUT2D eigenvalue weighted by Crippen LogP contribution is 2.26. The second kappa shape index (κ2) is 7.93. The van der Waals surface area contributed by atoms with Gasteiger partial charge in [0.25, 0.3) is 0 Å². The molecule has 0 atom stereocenters. The molecule has 0 aliphatic carbocycles. The lowest BCUT2D eigenvalue weighted by Crippen LogP contribution is -2.48. The highest BCUT2D eigenvalue weighted by atomic mass is 32.2. The van der Waals surface area contributed by atoms with E-state index in [1.807, 2.05) is 50.2 Å². The van der Waals surface area contributed by atoms with Gasteiger partial charge in [0.15, 0.2) is 0 Å². The molecule has 0 spiro atoms. The van der Waals surface area contributed by atoms with E-state index in [9.17, 15) is 13.2 Å². The maximum absolute atomic E-state index is 13.1. The third-order valence-corrected chi connectivity index (χ3v) is 6.94. The lowest BCUT2D eigenvalue weighted by Gasteiger charge is -2.33. The molecule has 0 fully saturated rings. The van der Waals surface area contributed by atoms with Crippen LogP contribution in [0.2, 0.25) is 0 Å². The number of carbonyl (C=O) groups excluding carboxylic acids is 1. The van der Waals surface area contributed by atoms with E-state index in [2.05, 4.69) is 6.07 Å². The second-order valence-corrected chi connectivity index (χ2v) is 9.49. The predicted molar refractivity (Wildman–Crippen MR) is 111 cm³/mol. The Labute approximate surface area is 167 Å². The number of hydrogen-bond acceptors (Lipinski definition) is 3. The molecule has 0 saturated carbocycles. The summed E-state index contributed by atoms with van der Waals surface area (Å²) in [5.41, 5.74) is 4.67. The maximum atomic E-state index is 13.1. The van der Waals surface area contributed by atoms with Crippen molar-refractivity contribution in [2.45, 2.75) is 26.8 Å². The lowest BCUT2D eigenvalue weighted by molar-refractivity contribution is -0.130. The molecule has 0 saturated heterocycles. The first kappa shape index (κ1) is 20.4. The van der Waals surface area contributed by atoms with Gasteiger partial charge in [0.05, 0.1) is 5.69 Å². The van der Waals surface area contributed by atoms with Crippen LogP contribution in [0.25, 0.3) is 0 Å². The number of aryl methyl sites for hydroxylation is 2. The summed E-state index contributed by atoms with van der Waals surface area (Å²) in [6.45, 7) is 4.66. The van der Waals surface area contributed by atoms with Crippen LogP contribution in [-0.2, 0) is 28.0 Å². The Bertz CT molecular complexity index is 986. The van der Waals surface area contributed by atoms with E-state index < -0.39 is 10.2 Å². The SMILES string of the molecule is Cc1ccc(C)c(N(CC(=O)N2CCc3ccccc3C2)S(=O)(=O)N(C)C)c1. The van der Waals surface area contributed by atoms with Crippen LogP contribution >= 0.6 is 0 Å². The summed E-state index contributed by atoms with van der Waals surface area (Å²) in [6, 6.07) is 13.7. The van der Waals surface area contributed by atoms with Crippen LogP contribution in [0.3, 0.4) is 0 Å². The highest BCUT2D eigenvalue weighted by molar-refractivity contribution is 7.90. The van der Waals surface area contributed by atoms with Gasteiger partial charge in [-0.25, -0.2) is 4.31 Å². The van der Waals surface area contributed by atoms with E-state index in [0.29, 0.717) is 18.8 Å². The molecule has 0 radical (unpaired) electrons. The molecule has 1 aliphatic heterocycles. The van der Waals surface area contributed by atoms with E-state index >= 15 is 0 Å². The first-order chi connectivity index (χ1) is 13.2. The molecule has 1 aliphatic rings. The van der Waals surface area contributed by atoms with Crippen molar-refractivity contribution in [3.05, 3.63) is 64.7 Å². The molecule has 0 bridgehead atoms. The average Bonchev–Trinajstić information content (AvgIpc) is 2.67. The van der Waals surface area contributed by atoms with E-state index in [1.165, 1.54) is 24.0 Å². The Kier molecular flexibility index (Phi) is 5.76. The van der Waals surface area contributed by atoms with Crippen molar-refractivity contribution >= 4 is 21.8 Å². The summed E-state index contributed by atoms with van der Waals surface area (Å²) < 4.78 is 28.4. The Hall–Kier alpha value is -2.38. The summed E-state index contributed by atoms with van der Waals surface area (Å²) >= 11 is 0. The van der Waals surface area contributed by atoms with Crippen LogP contribution < -0.4 is 4.31 Å². The smallest absolute Gasteiger partial charge is 0.304 e. The molecular formula is C21H27N3O3S. The van der Waals surface area contributed by atoms with Gasteiger partial charge < -0.3 is 4.90 Å². The summed E-state index contributed by atoms with van der Waals surface area (Å²) in [5, 5.41) is 0. The van der Waals surface area contributed by atoms with Gasteiger partial charge in [-0.05, 0) is 48.6 Å². The number of fused-ring (bicyclic) bond motifs is 1. The zero-order chi connectivity index (χ0) is 20.5. The average molecular weight is 402 g/mol. The number of nitrogens with zero attached hydrogens (tertiary/aromatic N) is 3. The number of hydrogen-bond donors (Lipinski definition) is 0. The molecule has 2 aromatic rings. The van der Waals surface area contributed by atoms with Crippen molar-refractivity contribution < 1.29 is 13.2 Å². The topological polar surface area (TPSA) is 60.9 Å². The molecule has 1 amide bonds. The van der Waals surface area contributed by atoms with Crippen LogP contribution in [0.4, 0.5) is 5.69 Å². The molecule has 28 heavy (non-hydrogen) atoms. The van der Waals surface area contributed by atoms with Crippen molar-refractivity contribution in [2.75, 3.05) is 31.5 Å². The van der Waals surface area contributed by atoms with Crippen molar-refractivity contribution in [1.29, 1.82) is 0 Å². The number of carbonyl (C=O) groups is 1. The van der Waals surface area contributed by atoms with E-state index in [1.54, 1.807) is 4.90 Å². The van der Waals surface area contributed by atoms with Crippen LogP contribution in [0.15, 0.2) is 42.5 Å². The van der Waals surface area contributed by atoms with E-state index in [-0.39, 0.29) is 12.5 Å². The van der Waals surface area contributed by atoms with Gasteiger partial charge in [-0.1, -0.05) is 36.4 Å². The van der Waals surface area contributed by atoms with Gasteiger partial charge >= 0.3 is 10.2 Å². The molecule has 1 heterocycles. The molecule has 150 valence electrons. The number of rotatable bonds is 5. The summed E-state index contributed by atoms with van der Waals surface area (Å²) in [6.07, 6.45) is 0.784. The van der Waals surface area contributed by atoms with E-state index in [4.69, 9.17) is 0 Å². The summed E-state index contributed by atoms with van der Waals surface area (Å²) in [5.74, 6) is -0.194. The Morgan fingerprint density at radius 2 is 1.75 bits per heavy atom. The van der Waals surface area contributed by atoms with Gasteiger partial charge in [-0.2, -0.15) is 12.7 Å². The molecule has 0 aromatic heterocycles. The number of amides is 1. The number of anilines is 1. The minimum atomic E-state index is -3.81. The largest absolute Gasteiger partial charge is 0.336 e. The highest BCUT2D eigenvalue weighted by Gasteiger charge is 2.31. The normalized spacial score (nSPS) is 14.1. The van der Waals surface area contributed by atoms with Gasteiger partial charge in [0.1, 0.15) is 6.54 Å². The maximum Gasteiger partial charge on any atom is 0.304 e. The van der Waals surface area contributed by atoms with Gasteiger partial charge in [0.2, 0.25) is 5.91 Å². The molecule has 2 aromatic carbocycles. The van der Waals surface area contributed by atoms with Crippen molar-refractivity contribution in [2.24, 2.45) is 0 Å². The van der Waals surface area contributed by atoms with E-state index in [0.717, 1.165) is 27.4 Å². The standard InChI is InChI=1S/C21H27N3O3S/c1-16-9-10-17(2)20(13-16)24(28(26,27)22(3)4)15-21(25)23-12-11-18-7-5-6-8-19(18)14-23/h5-10,13H,11-12,14-15H2,1-4H3. The van der Waals surface area contributed by atoms with Crippen molar-refractivity contribution in [3.8, 4) is 0 Å². The molecule has 0 unspecified atom stereocenters. The molecule has 7 heteroatoms.